The molecule has 4 rings (SSSR count). The van der Waals surface area contributed by atoms with Crippen LogP contribution in [0.25, 0.3) is 11.4 Å². The number of hydrogen-bond donors (Lipinski definition) is 0. The smallest absolute Gasteiger partial charge is 0.244 e. The predicted octanol–water partition coefficient (Wildman–Crippen LogP) is 3.08. The van der Waals surface area contributed by atoms with Crippen LogP contribution in [0.15, 0.2) is 58.2 Å². The van der Waals surface area contributed by atoms with Crippen molar-refractivity contribution in [3.8, 4) is 11.4 Å². The van der Waals surface area contributed by atoms with Gasteiger partial charge in [-0.25, -0.2) is 8.42 Å². The fourth-order valence-corrected chi connectivity index (χ4v) is 5.10. The monoisotopic (exact) mass is 398 g/mol. The average molecular weight is 398 g/mol. The summed E-state index contributed by atoms with van der Waals surface area (Å²) in [4.78, 5) is 8.69. The normalized spacial score (nSPS) is 18.2. The van der Waals surface area contributed by atoms with Crippen LogP contribution in [0.5, 0.6) is 0 Å². The van der Waals surface area contributed by atoms with Gasteiger partial charge in [-0.3, -0.25) is 4.98 Å². The third-order valence-electron chi connectivity index (χ3n) is 5.07. The molecule has 28 heavy (non-hydrogen) atoms. The van der Waals surface area contributed by atoms with Gasteiger partial charge in [-0.15, -0.1) is 0 Å². The summed E-state index contributed by atoms with van der Waals surface area (Å²) in [5.41, 5.74) is 2.03. The summed E-state index contributed by atoms with van der Waals surface area (Å²) in [7, 11) is -3.53. The quantitative estimate of drug-likeness (QED) is 0.656. The number of nitrogens with zero attached hydrogens (tertiary/aromatic N) is 4. The maximum atomic E-state index is 12.8. The second-order valence-corrected chi connectivity index (χ2v) is 9.03. The number of sulfonamides is 1. The number of benzene rings is 1. The van der Waals surface area contributed by atoms with E-state index in [9.17, 15) is 8.42 Å². The van der Waals surface area contributed by atoms with Gasteiger partial charge < -0.3 is 4.52 Å². The van der Waals surface area contributed by atoms with Gasteiger partial charge in [0.1, 0.15) is 4.90 Å². The van der Waals surface area contributed by atoms with Gasteiger partial charge in [0.25, 0.3) is 0 Å². The Bertz CT molecular complexity index is 1050. The van der Waals surface area contributed by atoms with Crippen molar-refractivity contribution in [2.45, 2.75) is 31.1 Å². The van der Waals surface area contributed by atoms with E-state index >= 15 is 0 Å². The van der Waals surface area contributed by atoms with E-state index in [2.05, 4.69) is 15.1 Å². The van der Waals surface area contributed by atoms with Crippen LogP contribution in [0.1, 0.15) is 24.3 Å². The number of piperidine rings is 1. The maximum Gasteiger partial charge on any atom is 0.244 e. The van der Waals surface area contributed by atoms with Crippen molar-refractivity contribution in [2.75, 3.05) is 13.1 Å². The Morgan fingerprint density at radius 3 is 2.86 bits per heavy atom. The van der Waals surface area contributed by atoms with Gasteiger partial charge in [-0.1, -0.05) is 29.4 Å². The zero-order valence-corrected chi connectivity index (χ0v) is 16.5. The molecular weight excluding hydrogens is 376 g/mol. The molecule has 1 atom stereocenters. The molecule has 2 aromatic heterocycles. The molecule has 0 bridgehead atoms. The van der Waals surface area contributed by atoms with Gasteiger partial charge in [-0.2, -0.15) is 9.29 Å². The summed E-state index contributed by atoms with van der Waals surface area (Å²) in [5, 5.41) is 4.10. The van der Waals surface area contributed by atoms with Crippen LogP contribution in [0.3, 0.4) is 0 Å². The zero-order valence-electron chi connectivity index (χ0n) is 15.7. The Labute approximate surface area is 164 Å². The third-order valence-corrected chi connectivity index (χ3v) is 6.92. The van der Waals surface area contributed by atoms with Crippen molar-refractivity contribution in [3.05, 3.63) is 60.2 Å². The number of aryl methyl sites for hydroxylation is 1. The second kappa shape index (κ2) is 7.81. The lowest BCUT2D eigenvalue weighted by Crippen LogP contribution is -2.40. The summed E-state index contributed by atoms with van der Waals surface area (Å²) in [5.74, 6) is 1.26. The first kappa shape index (κ1) is 18.8. The minimum Gasteiger partial charge on any atom is -0.339 e. The van der Waals surface area contributed by atoms with E-state index in [1.54, 1.807) is 18.3 Å². The highest BCUT2D eigenvalue weighted by atomic mass is 32.2. The Balaban J connectivity index is 1.47. The molecule has 1 saturated heterocycles. The molecule has 0 radical (unpaired) electrons. The van der Waals surface area contributed by atoms with E-state index in [0.29, 0.717) is 31.2 Å². The fraction of sp³-hybridized carbons (Fsp3) is 0.350. The lowest BCUT2D eigenvalue weighted by atomic mass is 9.96. The molecule has 146 valence electrons. The average Bonchev–Trinajstić information content (AvgIpc) is 3.17. The Kier molecular flexibility index (Phi) is 5.23. The molecule has 8 heteroatoms. The van der Waals surface area contributed by atoms with Crippen molar-refractivity contribution in [3.63, 3.8) is 0 Å². The molecule has 7 nitrogen and oxygen atoms in total. The van der Waals surface area contributed by atoms with Crippen LogP contribution in [0.2, 0.25) is 0 Å². The summed E-state index contributed by atoms with van der Waals surface area (Å²) < 4.78 is 32.7. The fourth-order valence-electron chi connectivity index (χ4n) is 3.58. The predicted molar refractivity (Wildman–Crippen MR) is 104 cm³/mol. The molecule has 1 aliphatic heterocycles. The van der Waals surface area contributed by atoms with E-state index in [1.165, 1.54) is 10.5 Å². The Hall–Kier alpha value is -2.58. The number of aromatic nitrogens is 3. The van der Waals surface area contributed by atoms with Crippen LogP contribution >= 0.6 is 0 Å². The topological polar surface area (TPSA) is 89.2 Å². The minimum absolute atomic E-state index is 0.144. The molecule has 1 fully saturated rings. The molecule has 0 unspecified atom stereocenters. The number of rotatable bonds is 5. The minimum atomic E-state index is -3.53. The highest BCUT2D eigenvalue weighted by Crippen LogP contribution is 2.26. The number of pyridine rings is 1. The summed E-state index contributed by atoms with van der Waals surface area (Å²) >= 11 is 0. The zero-order chi connectivity index (χ0) is 19.6. The van der Waals surface area contributed by atoms with Crippen molar-refractivity contribution in [1.82, 2.24) is 19.4 Å². The molecule has 0 aliphatic carbocycles. The molecule has 1 aliphatic rings. The first-order valence-corrected chi connectivity index (χ1v) is 10.8. The highest BCUT2D eigenvalue weighted by molar-refractivity contribution is 7.89. The molecule has 1 aromatic carbocycles. The van der Waals surface area contributed by atoms with Crippen LogP contribution in [0, 0.1) is 12.8 Å². The molecular formula is C20H22N4O3S. The van der Waals surface area contributed by atoms with E-state index < -0.39 is 10.0 Å². The molecule has 0 amide bonds. The van der Waals surface area contributed by atoms with Gasteiger partial charge in [0.05, 0.1) is 0 Å². The van der Waals surface area contributed by atoms with Gasteiger partial charge in [0.15, 0.2) is 0 Å². The Morgan fingerprint density at radius 1 is 1.21 bits per heavy atom. The van der Waals surface area contributed by atoms with E-state index in [4.69, 9.17) is 4.52 Å². The van der Waals surface area contributed by atoms with Gasteiger partial charge in [-0.05, 0) is 43.4 Å². The van der Waals surface area contributed by atoms with Crippen LogP contribution in [0.4, 0.5) is 0 Å². The largest absolute Gasteiger partial charge is 0.339 e. The lowest BCUT2D eigenvalue weighted by molar-refractivity contribution is 0.247. The summed E-state index contributed by atoms with van der Waals surface area (Å²) in [6.45, 7) is 2.97. The van der Waals surface area contributed by atoms with Crippen LogP contribution in [-0.2, 0) is 16.4 Å². The van der Waals surface area contributed by atoms with E-state index in [-0.39, 0.29) is 10.8 Å². The highest BCUT2D eigenvalue weighted by Gasteiger charge is 2.31. The van der Waals surface area contributed by atoms with Gasteiger partial charge in [0.2, 0.25) is 21.7 Å². The van der Waals surface area contributed by atoms with Gasteiger partial charge in [0, 0.05) is 37.5 Å². The van der Waals surface area contributed by atoms with Crippen molar-refractivity contribution >= 4 is 10.0 Å². The van der Waals surface area contributed by atoms with Crippen LogP contribution < -0.4 is 0 Å². The maximum absolute atomic E-state index is 12.8. The standard InChI is InChI=1S/C20H22N4O3S/c1-15-6-2-3-9-18(15)20-22-19(27-23-20)12-16-7-5-11-24(14-16)28(25,26)17-8-4-10-21-13-17/h2-4,6,8-10,13,16H,5,7,11-12,14H2,1H3/t16-/m0/s1. The Morgan fingerprint density at radius 2 is 2.07 bits per heavy atom. The van der Waals surface area contributed by atoms with E-state index in [0.717, 1.165) is 24.0 Å². The first-order valence-electron chi connectivity index (χ1n) is 9.33. The molecule has 0 spiro atoms. The molecule has 0 saturated carbocycles. The number of hydrogen-bond acceptors (Lipinski definition) is 6. The van der Waals surface area contributed by atoms with Crippen molar-refractivity contribution < 1.29 is 12.9 Å². The second-order valence-electron chi connectivity index (χ2n) is 7.09. The summed E-state index contributed by atoms with van der Waals surface area (Å²) in [6, 6.07) is 11.1. The van der Waals surface area contributed by atoms with Crippen LogP contribution in [-0.4, -0.2) is 40.9 Å². The van der Waals surface area contributed by atoms with Crippen molar-refractivity contribution in [2.24, 2.45) is 5.92 Å². The van der Waals surface area contributed by atoms with E-state index in [1.807, 2.05) is 31.2 Å². The van der Waals surface area contributed by atoms with Crippen molar-refractivity contribution in [1.29, 1.82) is 0 Å². The molecule has 3 heterocycles. The molecule has 3 aromatic rings. The SMILES string of the molecule is Cc1ccccc1-c1noc(C[C@@H]2CCCN(S(=O)(=O)c3cccnc3)C2)n1. The lowest BCUT2D eigenvalue weighted by Gasteiger charge is -2.31. The molecule has 0 N–H and O–H groups in total. The summed E-state index contributed by atoms with van der Waals surface area (Å²) in [6.07, 6.45) is 5.27. The first-order chi connectivity index (χ1) is 13.5. The van der Waals surface area contributed by atoms with Gasteiger partial charge >= 0.3 is 0 Å². The third kappa shape index (κ3) is 3.83.